The quantitative estimate of drug-likeness (QED) is 0.459. The Bertz CT molecular complexity index is 1320. The van der Waals surface area contributed by atoms with Gasteiger partial charge in [-0.25, -0.2) is 9.97 Å². The molecule has 4 rings (SSSR count). The van der Waals surface area contributed by atoms with Gasteiger partial charge in [-0.2, -0.15) is 0 Å². The molecular weight excluding hydrogens is 432 g/mol. The van der Waals surface area contributed by atoms with Crippen LogP contribution in [0, 0.1) is 6.92 Å². The highest BCUT2D eigenvalue weighted by atomic mass is 35.5. The minimum atomic E-state index is -0.329. The van der Waals surface area contributed by atoms with Gasteiger partial charge in [0, 0.05) is 30.1 Å². The fraction of sp³-hybridized carbons (Fsp3) is 0.130. The number of hydrogen-bond donors (Lipinski definition) is 1. The van der Waals surface area contributed by atoms with Crippen molar-refractivity contribution < 1.29 is 9.59 Å². The number of aryl methyl sites for hydroxylation is 1. The molecule has 1 N–H and O–H groups in total. The van der Waals surface area contributed by atoms with Gasteiger partial charge in [0.15, 0.2) is 5.13 Å². The van der Waals surface area contributed by atoms with E-state index in [1.807, 2.05) is 42.5 Å². The lowest BCUT2D eigenvalue weighted by Crippen LogP contribution is -2.21. The molecule has 0 fully saturated rings. The highest BCUT2D eigenvalue weighted by Crippen LogP contribution is 2.31. The summed E-state index contributed by atoms with van der Waals surface area (Å²) < 4.78 is 0. The summed E-state index contributed by atoms with van der Waals surface area (Å²) in [6.45, 7) is 1.75. The lowest BCUT2D eigenvalue weighted by atomic mass is 10.0. The number of hydrogen-bond acceptors (Lipinski definition) is 5. The van der Waals surface area contributed by atoms with E-state index < -0.39 is 0 Å². The Morgan fingerprint density at radius 2 is 1.74 bits per heavy atom. The number of para-hydroxylation sites is 1. The van der Waals surface area contributed by atoms with E-state index in [1.165, 1.54) is 4.90 Å². The van der Waals surface area contributed by atoms with E-state index >= 15 is 0 Å². The van der Waals surface area contributed by atoms with E-state index in [4.69, 9.17) is 11.6 Å². The molecule has 0 radical (unpaired) electrons. The van der Waals surface area contributed by atoms with Gasteiger partial charge in [-0.15, -0.1) is 0 Å². The molecule has 6 nitrogen and oxygen atoms in total. The van der Waals surface area contributed by atoms with Crippen molar-refractivity contribution in [3.8, 4) is 11.3 Å². The van der Waals surface area contributed by atoms with Gasteiger partial charge in [-0.3, -0.25) is 14.9 Å². The molecule has 2 amide bonds. The van der Waals surface area contributed by atoms with E-state index in [2.05, 4.69) is 15.3 Å². The Balaban J connectivity index is 1.75. The predicted octanol–water partition coefficient (Wildman–Crippen LogP) is 5.27. The molecule has 4 aromatic rings. The average Bonchev–Trinajstić information content (AvgIpc) is 3.12. The van der Waals surface area contributed by atoms with E-state index in [0.717, 1.165) is 16.9 Å². The normalized spacial score (nSPS) is 10.8. The first-order valence-electron chi connectivity index (χ1n) is 9.50. The first kappa shape index (κ1) is 21.0. The number of anilines is 1. The molecule has 2 aromatic heterocycles. The minimum absolute atomic E-state index is 0.147. The molecule has 0 bridgehead atoms. The maximum absolute atomic E-state index is 13.2. The topological polar surface area (TPSA) is 75.2 Å². The van der Waals surface area contributed by atoms with E-state index in [1.54, 1.807) is 33.2 Å². The molecule has 0 aliphatic carbocycles. The zero-order valence-corrected chi connectivity index (χ0v) is 18.7. The van der Waals surface area contributed by atoms with Crippen LogP contribution in [-0.2, 0) is 0 Å². The molecule has 0 saturated carbocycles. The Morgan fingerprint density at radius 1 is 1.03 bits per heavy atom. The molecule has 0 spiro atoms. The third kappa shape index (κ3) is 4.15. The maximum atomic E-state index is 13.2. The van der Waals surface area contributed by atoms with Crippen LogP contribution in [0.15, 0.2) is 54.6 Å². The van der Waals surface area contributed by atoms with Gasteiger partial charge in [0.2, 0.25) is 0 Å². The molecular formula is C23H19ClN4O2S. The Labute approximate surface area is 188 Å². The molecule has 2 aromatic carbocycles. The van der Waals surface area contributed by atoms with E-state index in [0.29, 0.717) is 42.9 Å². The van der Waals surface area contributed by atoms with Crippen LogP contribution in [0.1, 0.15) is 25.7 Å². The number of rotatable bonds is 4. The van der Waals surface area contributed by atoms with Crippen molar-refractivity contribution in [1.29, 1.82) is 0 Å². The van der Waals surface area contributed by atoms with Crippen LogP contribution in [-0.4, -0.2) is 40.8 Å². The first-order chi connectivity index (χ1) is 14.8. The summed E-state index contributed by atoms with van der Waals surface area (Å²) in [5.74, 6) is -0.477. The Hall–Kier alpha value is -3.29. The number of fused-ring (bicyclic) bond motifs is 1. The SMILES string of the molecule is Cc1nc(NC(=O)c2cc(-c3ccccc3Cl)nc3ccccc23)sc1C(=O)N(C)C. The zero-order chi connectivity index (χ0) is 22.1. The average molecular weight is 451 g/mol. The number of benzene rings is 2. The van der Waals surface area contributed by atoms with Crippen LogP contribution in [0.5, 0.6) is 0 Å². The molecule has 2 heterocycles. The van der Waals surface area contributed by atoms with Crippen molar-refractivity contribution >= 4 is 50.8 Å². The van der Waals surface area contributed by atoms with Crippen LogP contribution in [0.2, 0.25) is 5.02 Å². The smallest absolute Gasteiger partial charge is 0.265 e. The number of carbonyl (C=O) groups is 2. The van der Waals surface area contributed by atoms with Gasteiger partial charge in [0.25, 0.3) is 11.8 Å². The second-order valence-electron chi connectivity index (χ2n) is 7.14. The number of nitrogens with one attached hydrogen (secondary N) is 1. The van der Waals surface area contributed by atoms with Crippen molar-refractivity contribution in [1.82, 2.24) is 14.9 Å². The summed E-state index contributed by atoms with van der Waals surface area (Å²) in [5.41, 5.74) is 3.06. The minimum Gasteiger partial charge on any atom is -0.344 e. The standard InChI is InChI=1S/C23H19ClN4O2S/c1-13-20(22(30)28(2)3)31-23(25-13)27-21(29)16-12-19(15-9-4-6-10-17(15)24)26-18-11-7-5-8-14(16)18/h4-12H,1-3H3,(H,25,27,29). The molecule has 8 heteroatoms. The number of nitrogens with zero attached hydrogens (tertiary/aromatic N) is 3. The fourth-order valence-electron chi connectivity index (χ4n) is 3.19. The van der Waals surface area contributed by atoms with Gasteiger partial charge in [-0.1, -0.05) is 59.3 Å². The van der Waals surface area contributed by atoms with Crippen LogP contribution in [0.3, 0.4) is 0 Å². The third-order valence-corrected chi connectivity index (χ3v) is 6.12. The van der Waals surface area contributed by atoms with E-state index in [-0.39, 0.29) is 11.8 Å². The maximum Gasteiger partial charge on any atom is 0.265 e. The van der Waals surface area contributed by atoms with Crippen molar-refractivity contribution in [2.45, 2.75) is 6.92 Å². The monoisotopic (exact) mass is 450 g/mol. The van der Waals surface area contributed by atoms with Crippen LogP contribution in [0.4, 0.5) is 5.13 Å². The summed E-state index contributed by atoms with van der Waals surface area (Å²) in [6.07, 6.45) is 0. The molecule has 31 heavy (non-hydrogen) atoms. The summed E-state index contributed by atoms with van der Waals surface area (Å²) in [7, 11) is 3.36. The molecule has 0 unspecified atom stereocenters. The number of carbonyl (C=O) groups excluding carboxylic acids is 2. The van der Waals surface area contributed by atoms with Crippen LogP contribution in [0.25, 0.3) is 22.2 Å². The largest absolute Gasteiger partial charge is 0.344 e. The fourth-order valence-corrected chi connectivity index (χ4v) is 4.40. The number of thiazole rings is 1. The molecule has 0 aliphatic heterocycles. The van der Waals surface area contributed by atoms with Crippen LogP contribution >= 0.6 is 22.9 Å². The van der Waals surface area contributed by atoms with Crippen molar-refractivity contribution in [2.75, 3.05) is 19.4 Å². The Morgan fingerprint density at radius 3 is 2.48 bits per heavy atom. The third-order valence-electron chi connectivity index (χ3n) is 4.73. The van der Waals surface area contributed by atoms with Crippen molar-refractivity contribution in [3.63, 3.8) is 0 Å². The summed E-state index contributed by atoms with van der Waals surface area (Å²) in [5, 5.41) is 4.48. The second-order valence-corrected chi connectivity index (χ2v) is 8.55. The highest BCUT2D eigenvalue weighted by Gasteiger charge is 2.20. The number of amides is 2. The number of halogens is 1. The highest BCUT2D eigenvalue weighted by molar-refractivity contribution is 7.17. The van der Waals surface area contributed by atoms with Gasteiger partial charge >= 0.3 is 0 Å². The summed E-state index contributed by atoms with van der Waals surface area (Å²) in [4.78, 5) is 36.6. The molecule has 0 aliphatic rings. The molecule has 0 saturated heterocycles. The lowest BCUT2D eigenvalue weighted by molar-refractivity contribution is 0.0831. The molecule has 0 atom stereocenters. The van der Waals surface area contributed by atoms with Gasteiger partial charge in [-0.05, 0) is 25.1 Å². The van der Waals surface area contributed by atoms with Gasteiger partial charge in [0.1, 0.15) is 4.88 Å². The summed E-state index contributed by atoms with van der Waals surface area (Å²) >= 11 is 7.52. The lowest BCUT2D eigenvalue weighted by Gasteiger charge is -2.10. The van der Waals surface area contributed by atoms with Gasteiger partial charge < -0.3 is 4.90 Å². The summed E-state index contributed by atoms with van der Waals surface area (Å²) in [6, 6.07) is 16.5. The predicted molar refractivity (Wildman–Crippen MR) is 125 cm³/mol. The second kappa shape index (κ2) is 8.45. The van der Waals surface area contributed by atoms with Crippen molar-refractivity contribution in [2.24, 2.45) is 0 Å². The Kier molecular flexibility index (Phi) is 5.71. The molecule has 156 valence electrons. The first-order valence-corrected chi connectivity index (χ1v) is 10.7. The number of aromatic nitrogens is 2. The van der Waals surface area contributed by atoms with Crippen LogP contribution < -0.4 is 5.32 Å². The van der Waals surface area contributed by atoms with Gasteiger partial charge in [0.05, 0.1) is 22.5 Å². The zero-order valence-electron chi connectivity index (χ0n) is 17.1. The van der Waals surface area contributed by atoms with Crippen molar-refractivity contribution in [3.05, 3.63) is 75.8 Å². The number of pyridine rings is 1. The van der Waals surface area contributed by atoms with E-state index in [9.17, 15) is 9.59 Å².